The quantitative estimate of drug-likeness (QED) is 0.0613. The van der Waals surface area contributed by atoms with Crippen molar-refractivity contribution in [2.75, 3.05) is 12.0 Å². The van der Waals surface area contributed by atoms with Crippen LogP contribution in [0.3, 0.4) is 0 Å². The molecular weight excluding hydrogens is 622 g/mol. The summed E-state index contributed by atoms with van der Waals surface area (Å²) in [5, 5.41) is 47.9. The molecule has 0 aliphatic heterocycles. The van der Waals surface area contributed by atoms with Gasteiger partial charge in [0.05, 0.1) is 6.42 Å². The van der Waals surface area contributed by atoms with Gasteiger partial charge in [0.15, 0.2) is 0 Å². The van der Waals surface area contributed by atoms with Crippen LogP contribution >= 0.6 is 11.8 Å². The van der Waals surface area contributed by atoms with Crippen molar-refractivity contribution in [1.29, 1.82) is 0 Å². The van der Waals surface area contributed by atoms with Gasteiger partial charge in [0, 0.05) is 19.8 Å². The number of aliphatic carboxylic acids is 4. The molecule has 5 atom stereocenters. The van der Waals surface area contributed by atoms with Crippen LogP contribution in [0.15, 0.2) is 0 Å². The Morgan fingerprint density at radius 3 is 1.36 bits per heavy atom. The van der Waals surface area contributed by atoms with Crippen LogP contribution in [0.4, 0.5) is 0 Å². The summed E-state index contributed by atoms with van der Waals surface area (Å²) in [7, 11) is 0. The lowest BCUT2D eigenvalue weighted by molar-refractivity contribution is -0.147. The van der Waals surface area contributed by atoms with Crippen LogP contribution in [0.2, 0.25) is 0 Å². The maximum atomic E-state index is 13.2. The highest BCUT2D eigenvalue weighted by Gasteiger charge is 2.34. The van der Waals surface area contributed by atoms with Gasteiger partial charge in [-0.15, -0.1) is 0 Å². The number of carboxylic acid groups (broad SMARTS) is 4. The number of carbonyl (C=O) groups is 9. The summed E-state index contributed by atoms with van der Waals surface area (Å²) in [6, 6.07) is -7.50. The molecule has 19 heteroatoms. The number of nitrogens with one attached hydrogen (secondary N) is 5. The van der Waals surface area contributed by atoms with Crippen LogP contribution in [0.1, 0.15) is 59.3 Å². The molecule has 0 bridgehead atoms. The molecule has 0 heterocycles. The molecule has 0 radical (unpaired) electrons. The summed E-state index contributed by atoms with van der Waals surface area (Å²) in [5.74, 6) is -10.6. The number of rotatable bonds is 22. The predicted octanol–water partition coefficient (Wildman–Crippen LogP) is -1.87. The van der Waals surface area contributed by atoms with Gasteiger partial charge < -0.3 is 47.0 Å². The van der Waals surface area contributed by atoms with E-state index in [0.29, 0.717) is 5.75 Å². The van der Waals surface area contributed by atoms with Crippen LogP contribution in [0, 0.1) is 5.92 Å². The summed E-state index contributed by atoms with van der Waals surface area (Å²) in [6.07, 6.45) is -1.18. The largest absolute Gasteiger partial charge is 0.481 e. The van der Waals surface area contributed by atoms with E-state index in [4.69, 9.17) is 15.3 Å². The molecule has 0 aromatic rings. The lowest BCUT2D eigenvalue weighted by Gasteiger charge is -2.27. The molecule has 5 amide bonds. The molecule has 0 rings (SSSR count). The van der Waals surface area contributed by atoms with Crippen molar-refractivity contribution in [1.82, 2.24) is 26.6 Å². The van der Waals surface area contributed by atoms with Crippen molar-refractivity contribution in [3.63, 3.8) is 0 Å². The van der Waals surface area contributed by atoms with Crippen LogP contribution in [-0.4, -0.2) is 116 Å². The fourth-order valence-corrected chi connectivity index (χ4v) is 4.26. The molecule has 45 heavy (non-hydrogen) atoms. The lowest BCUT2D eigenvalue weighted by atomic mass is 10.0. The molecule has 254 valence electrons. The van der Waals surface area contributed by atoms with Gasteiger partial charge >= 0.3 is 23.9 Å². The molecule has 0 aliphatic rings. The second-order valence-electron chi connectivity index (χ2n) is 10.2. The third-order valence-electron chi connectivity index (χ3n) is 6.10. The van der Waals surface area contributed by atoms with Gasteiger partial charge in [-0.05, 0) is 37.2 Å². The van der Waals surface area contributed by atoms with Gasteiger partial charge in [0.1, 0.15) is 30.2 Å². The van der Waals surface area contributed by atoms with Gasteiger partial charge in [-0.1, -0.05) is 13.8 Å². The Labute approximate surface area is 262 Å². The SMILES string of the molecule is CSCC[C@H](NC(C)=O)C(=O)N[C@@H](CCC(=O)O)C(=O)N[C@@H](CCC(=O)O)C(=O)N[C@H](C(=O)N[C@@H](CC(=O)O)C(=O)O)C(C)C. The van der Waals surface area contributed by atoms with E-state index >= 15 is 0 Å². The monoisotopic (exact) mass is 663 g/mol. The fraction of sp³-hybridized carbons (Fsp3) is 0.654. The average molecular weight is 664 g/mol. The normalized spacial score (nSPS) is 14.1. The molecule has 18 nitrogen and oxygen atoms in total. The minimum absolute atomic E-state index is 0.178. The Bertz CT molecular complexity index is 1120. The molecule has 0 fully saturated rings. The first kappa shape index (κ1) is 40.6. The number of amides is 5. The summed E-state index contributed by atoms with van der Waals surface area (Å²) < 4.78 is 0. The average Bonchev–Trinajstić information content (AvgIpc) is 2.92. The van der Waals surface area contributed by atoms with Crippen molar-refractivity contribution in [3.05, 3.63) is 0 Å². The highest BCUT2D eigenvalue weighted by atomic mass is 32.2. The molecule has 0 aliphatic carbocycles. The van der Waals surface area contributed by atoms with Crippen molar-refractivity contribution >= 4 is 65.2 Å². The molecule has 0 aromatic carbocycles. The Morgan fingerprint density at radius 1 is 0.578 bits per heavy atom. The number of carbonyl (C=O) groups excluding carboxylic acids is 5. The summed E-state index contributed by atoms with van der Waals surface area (Å²) in [5.41, 5.74) is 0. The van der Waals surface area contributed by atoms with Gasteiger partial charge in [-0.25, -0.2) is 4.79 Å². The van der Waals surface area contributed by atoms with Gasteiger partial charge in [-0.2, -0.15) is 11.8 Å². The van der Waals surface area contributed by atoms with E-state index in [9.17, 15) is 48.3 Å². The van der Waals surface area contributed by atoms with Gasteiger partial charge in [-0.3, -0.25) is 38.4 Å². The van der Waals surface area contributed by atoms with Crippen molar-refractivity contribution < 1.29 is 63.6 Å². The van der Waals surface area contributed by atoms with E-state index in [1.165, 1.54) is 32.5 Å². The third-order valence-corrected chi connectivity index (χ3v) is 6.75. The highest BCUT2D eigenvalue weighted by Crippen LogP contribution is 2.09. The van der Waals surface area contributed by atoms with E-state index in [1.54, 1.807) is 6.26 Å². The number of hydrogen-bond donors (Lipinski definition) is 9. The number of thioether (sulfide) groups is 1. The summed E-state index contributed by atoms with van der Waals surface area (Å²) in [4.78, 5) is 109. The zero-order chi connectivity index (χ0) is 34.9. The molecular formula is C26H41N5O13S. The van der Waals surface area contributed by atoms with E-state index in [2.05, 4.69) is 21.3 Å². The maximum Gasteiger partial charge on any atom is 0.326 e. The fourth-order valence-electron chi connectivity index (χ4n) is 3.79. The van der Waals surface area contributed by atoms with E-state index < -0.39 is 122 Å². The second kappa shape index (κ2) is 20.5. The summed E-state index contributed by atoms with van der Waals surface area (Å²) >= 11 is 1.38. The van der Waals surface area contributed by atoms with Crippen LogP contribution in [0.5, 0.6) is 0 Å². The van der Waals surface area contributed by atoms with Gasteiger partial charge in [0.2, 0.25) is 29.5 Å². The molecule has 0 saturated carbocycles. The van der Waals surface area contributed by atoms with Crippen molar-refractivity contribution in [3.8, 4) is 0 Å². The summed E-state index contributed by atoms with van der Waals surface area (Å²) in [6.45, 7) is 4.13. The molecule has 0 spiro atoms. The minimum atomic E-state index is -1.83. The molecule has 0 aromatic heterocycles. The van der Waals surface area contributed by atoms with Gasteiger partial charge in [0.25, 0.3) is 0 Å². The lowest BCUT2D eigenvalue weighted by Crippen LogP contribution is -2.59. The Balaban J connectivity index is 6.09. The van der Waals surface area contributed by atoms with Crippen LogP contribution < -0.4 is 26.6 Å². The number of carboxylic acids is 4. The predicted molar refractivity (Wildman–Crippen MR) is 157 cm³/mol. The first-order chi connectivity index (χ1) is 20.9. The Morgan fingerprint density at radius 2 is 1.00 bits per heavy atom. The van der Waals surface area contributed by atoms with E-state index in [1.807, 2.05) is 5.32 Å². The van der Waals surface area contributed by atoms with E-state index in [-0.39, 0.29) is 6.42 Å². The number of hydrogen-bond acceptors (Lipinski definition) is 10. The standard InChI is InChI=1S/C26H41N5O13S/c1-12(2)21(25(42)30-17(26(43)44)11-20(37)38)31-24(41)15(6-8-19(35)36)29-22(39)14(5-7-18(33)34)28-23(40)16(9-10-45-4)27-13(3)32/h12,14-17,21H,5-11H2,1-4H3,(H,27,32)(H,28,40)(H,29,39)(H,30,42)(H,31,41)(H,33,34)(H,35,36)(H,37,38)(H,43,44)/t14-,15-,16-,17-,21-/m0/s1. The Kier molecular flexibility index (Phi) is 18.5. The Hall–Kier alpha value is -4.42. The third kappa shape index (κ3) is 16.9. The molecule has 0 saturated heterocycles. The van der Waals surface area contributed by atoms with Crippen LogP contribution in [0.25, 0.3) is 0 Å². The van der Waals surface area contributed by atoms with E-state index in [0.717, 1.165) is 0 Å². The maximum absolute atomic E-state index is 13.2. The first-order valence-corrected chi connectivity index (χ1v) is 15.1. The smallest absolute Gasteiger partial charge is 0.326 e. The zero-order valence-corrected chi connectivity index (χ0v) is 26.1. The molecule has 9 N–H and O–H groups in total. The van der Waals surface area contributed by atoms with Crippen molar-refractivity contribution in [2.45, 2.75) is 89.5 Å². The highest BCUT2D eigenvalue weighted by molar-refractivity contribution is 7.98. The topological polar surface area (TPSA) is 295 Å². The molecule has 0 unspecified atom stereocenters. The minimum Gasteiger partial charge on any atom is -0.481 e. The second-order valence-corrected chi connectivity index (χ2v) is 11.2. The van der Waals surface area contributed by atoms with Crippen LogP contribution in [-0.2, 0) is 43.2 Å². The first-order valence-electron chi connectivity index (χ1n) is 13.7. The zero-order valence-electron chi connectivity index (χ0n) is 25.3. The van der Waals surface area contributed by atoms with Crippen molar-refractivity contribution in [2.24, 2.45) is 5.92 Å².